The van der Waals surface area contributed by atoms with E-state index in [1.54, 1.807) is 0 Å². The van der Waals surface area contributed by atoms with Crippen molar-refractivity contribution >= 4 is 15.9 Å². The summed E-state index contributed by atoms with van der Waals surface area (Å²) >= 11 is 0. The van der Waals surface area contributed by atoms with Gasteiger partial charge in [-0.25, -0.2) is 12.7 Å². The molecule has 0 aromatic heterocycles. The molecule has 7 nitrogen and oxygen atoms in total. The van der Waals surface area contributed by atoms with Gasteiger partial charge < -0.3 is 15.7 Å². The lowest BCUT2D eigenvalue weighted by Crippen LogP contribution is -2.47. The second-order valence-corrected chi connectivity index (χ2v) is 11.1. The van der Waals surface area contributed by atoms with E-state index in [2.05, 4.69) is 16.7 Å². The highest BCUT2D eigenvalue weighted by molar-refractivity contribution is 7.89. The average molecular weight is 504 g/mol. The fourth-order valence-electron chi connectivity index (χ4n) is 3.97. The molecule has 0 aliphatic heterocycles. The number of sulfonamides is 1. The van der Waals surface area contributed by atoms with Gasteiger partial charge in [-0.3, -0.25) is 4.79 Å². The Labute approximate surface area is 211 Å². The minimum atomic E-state index is -3.48. The fraction of sp³-hybridized carbons (Fsp3) is 0.519. The molecule has 0 spiro atoms. The quantitative estimate of drug-likeness (QED) is 0.327. The van der Waals surface area contributed by atoms with E-state index >= 15 is 0 Å². The van der Waals surface area contributed by atoms with Crippen LogP contribution in [0.1, 0.15) is 49.8 Å². The number of carbonyl (C=O) groups is 1. The molecule has 0 aliphatic carbocycles. The summed E-state index contributed by atoms with van der Waals surface area (Å²) in [7, 11) is -3.48. The molecule has 0 radical (unpaired) electrons. The highest BCUT2D eigenvalue weighted by atomic mass is 32.2. The van der Waals surface area contributed by atoms with Gasteiger partial charge in [0.25, 0.3) is 0 Å². The Morgan fingerprint density at radius 1 is 1.00 bits per heavy atom. The molecule has 1 unspecified atom stereocenters. The predicted octanol–water partition coefficient (Wildman–Crippen LogP) is 3.01. The van der Waals surface area contributed by atoms with E-state index in [-0.39, 0.29) is 30.7 Å². The molecule has 0 heterocycles. The molecule has 35 heavy (non-hydrogen) atoms. The van der Waals surface area contributed by atoms with E-state index in [1.165, 1.54) is 4.31 Å². The number of hydrogen-bond donors (Lipinski definition) is 3. The van der Waals surface area contributed by atoms with Crippen molar-refractivity contribution in [3.05, 3.63) is 71.3 Å². The Balaban J connectivity index is 1.94. The van der Waals surface area contributed by atoms with Crippen molar-refractivity contribution in [3.63, 3.8) is 0 Å². The zero-order valence-electron chi connectivity index (χ0n) is 21.2. The minimum absolute atomic E-state index is 0.0464. The van der Waals surface area contributed by atoms with Gasteiger partial charge in [-0.2, -0.15) is 0 Å². The highest BCUT2D eigenvalue weighted by Gasteiger charge is 2.23. The summed E-state index contributed by atoms with van der Waals surface area (Å²) in [6.45, 7) is 7.46. The summed E-state index contributed by atoms with van der Waals surface area (Å²) < 4.78 is 26.7. The van der Waals surface area contributed by atoms with Crippen LogP contribution in [0.5, 0.6) is 0 Å². The van der Waals surface area contributed by atoms with Crippen LogP contribution in [0.25, 0.3) is 0 Å². The van der Waals surface area contributed by atoms with E-state index in [4.69, 9.17) is 0 Å². The number of carbonyl (C=O) groups excluding carboxylic acids is 1. The molecule has 194 valence electrons. The van der Waals surface area contributed by atoms with Gasteiger partial charge >= 0.3 is 0 Å². The monoisotopic (exact) mass is 503 g/mol. The van der Waals surface area contributed by atoms with E-state index in [0.717, 1.165) is 29.5 Å². The molecule has 1 amide bonds. The van der Waals surface area contributed by atoms with E-state index < -0.39 is 16.1 Å². The summed E-state index contributed by atoms with van der Waals surface area (Å²) in [6.07, 6.45) is 1.10. The molecule has 2 rings (SSSR count). The van der Waals surface area contributed by atoms with Crippen molar-refractivity contribution in [3.8, 4) is 0 Å². The molecule has 8 heteroatoms. The number of hydrogen-bond acceptors (Lipinski definition) is 5. The van der Waals surface area contributed by atoms with Crippen LogP contribution in [0.4, 0.5) is 0 Å². The van der Waals surface area contributed by atoms with Crippen molar-refractivity contribution in [2.45, 2.75) is 65.1 Å². The number of benzene rings is 2. The average Bonchev–Trinajstić information content (AvgIpc) is 2.84. The number of rotatable bonds is 16. The molecule has 2 aromatic carbocycles. The summed E-state index contributed by atoms with van der Waals surface area (Å²) in [6, 6.07) is 17.8. The number of nitrogens with one attached hydrogen (secondary N) is 2. The van der Waals surface area contributed by atoms with Gasteiger partial charge in [-0.05, 0) is 37.3 Å². The summed E-state index contributed by atoms with van der Waals surface area (Å²) in [5, 5.41) is 17.1. The molecule has 3 N–H and O–H groups in total. The Morgan fingerprint density at radius 2 is 1.66 bits per heavy atom. The summed E-state index contributed by atoms with van der Waals surface area (Å²) in [4.78, 5) is 12.4. The number of aryl methyl sites for hydroxylation is 1. The van der Waals surface area contributed by atoms with Crippen molar-refractivity contribution < 1.29 is 18.3 Å². The maximum atomic E-state index is 12.6. The molecule has 0 aliphatic rings. The van der Waals surface area contributed by atoms with Crippen LogP contribution in [0, 0.1) is 6.92 Å². The first-order chi connectivity index (χ1) is 16.7. The Bertz CT molecular complexity index is 992. The van der Waals surface area contributed by atoms with Crippen molar-refractivity contribution in [2.24, 2.45) is 0 Å². The SMILES string of the molecule is CCCN(CCC)S(=O)(=O)CCC(=O)NC[C@@H](O)C(Cc1cccc(C)c1)NCc1ccccc1. The molecule has 2 aromatic rings. The van der Waals surface area contributed by atoms with Gasteiger partial charge in [-0.15, -0.1) is 0 Å². The first-order valence-corrected chi connectivity index (χ1v) is 14.1. The van der Waals surface area contributed by atoms with Crippen LogP contribution in [0.3, 0.4) is 0 Å². The normalized spacial score (nSPS) is 13.5. The number of nitrogens with zero attached hydrogens (tertiary/aromatic N) is 1. The van der Waals surface area contributed by atoms with E-state index in [0.29, 0.717) is 26.1 Å². The van der Waals surface area contributed by atoms with Crippen molar-refractivity contribution in [1.29, 1.82) is 0 Å². The maximum absolute atomic E-state index is 12.6. The molecule has 0 saturated carbocycles. The van der Waals surface area contributed by atoms with Gasteiger partial charge in [0.2, 0.25) is 15.9 Å². The molecular weight excluding hydrogens is 462 g/mol. The van der Waals surface area contributed by atoms with Gasteiger partial charge in [0, 0.05) is 38.6 Å². The van der Waals surface area contributed by atoms with Gasteiger partial charge in [-0.1, -0.05) is 74.0 Å². The molecule has 0 saturated heterocycles. The number of aliphatic hydroxyl groups excluding tert-OH is 1. The smallest absolute Gasteiger partial charge is 0.221 e. The standard InChI is InChI=1S/C27H41N3O4S/c1-4-15-30(16-5-2)35(33,34)17-14-27(32)29-21-26(31)25(19-24-13-9-10-22(3)18-24)28-20-23-11-7-6-8-12-23/h6-13,18,25-26,28,31H,4-5,14-17,19-21H2,1-3H3,(H,29,32)/t25?,26-/m1/s1. The van der Waals surface area contributed by atoms with Gasteiger partial charge in [0.05, 0.1) is 11.9 Å². The molecular formula is C27H41N3O4S. The van der Waals surface area contributed by atoms with Crippen LogP contribution < -0.4 is 10.6 Å². The summed E-state index contributed by atoms with van der Waals surface area (Å²) in [5.74, 6) is -0.605. The Kier molecular flexibility index (Phi) is 12.4. The first kappa shape index (κ1) is 29.0. The third-order valence-electron chi connectivity index (χ3n) is 5.85. The highest BCUT2D eigenvalue weighted by Crippen LogP contribution is 2.11. The molecule has 0 bridgehead atoms. The van der Waals surface area contributed by atoms with Crippen LogP contribution in [0.15, 0.2) is 54.6 Å². The Morgan fingerprint density at radius 3 is 2.29 bits per heavy atom. The second-order valence-electron chi connectivity index (χ2n) is 9.00. The molecule has 2 atom stereocenters. The van der Waals surface area contributed by atoms with Crippen molar-refractivity contribution in [2.75, 3.05) is 25.4 Å². The third-order valence-corrected chi connectivity index (χ3v) is 7.72. The lowest BCUT2D eigenvalue weighted by molar-refractivity contribution is -0.121. The van der Waals surface area contributed by atoms with Crippen molar-refractivity contribution in [1.82, 2.24) is 14.9 Å². The van der Waals surface area contributed by atoms with Crippen LogP contribution in [0.2, 0.25) is 0 Å². The zero-order chi connectivity index (χ0) is 25.7. The second kappa shape index (κ2) is 15.0. The lowest BCUT2D eigenvalue weighted by atomic mass is 9.99. The third kappa shape index (κ3) is 10.5. The van der Waals surface area contributed by atoms with Gasteiger partial charge in [0.1, 0.15) is 0 Å². The number of amides is 1. The first-order valence-electron chi connectivity index (χ1n) is 12.5. The largest absolute Gasteiger partial charge is 0.390 e. The zero-order valence-corrected chi connectivity index (χ0v) is 22.1. The fourth-order valence-corrected chi connectivity index (χ4v) is 5.59. The Hall–Kier alpha value is -2.26. The van der Waals surface area contributed by atoms with Gasteiger partial charge in [0.15, 0.2) is 0 Å². The maximum Gasteiger partial charge on any atom is 0.221 e. The van der Waals surface area contributed by atoms with Crippen LogP contribution >= 0.6 is 0 Å². The van der Waals surface area contributed by atoms with E-state index in [9.17, 15) is 18.3 Å². The topological polar surface area (TPSA) is 98.7 Å². The summed E-state index contributed by atoms with van der Waals surface area (Å²) in [5.41, 5.74) is 3.35. The predicted molar refractivity (Wildman–Crippen MR) is 142 cm³/mol. The van der Waals surface area contributed by atoms with Crippen LogP contribution in [-0.2, 0) is 27.8 Å². The molecule has 0 fully saturated rings. The number of aliphatic hydroxyl groups is 1. The lowest BCUT2D eigenvalue weighted by Gasteiger charge is -2.25. The minimum Gasteiger partial charge on any atom is -0.390 e. The van der Waals surface area contributed by atoms with Crippen LogP contribution in [-0.4, -0.2) is 61.3 Å². The van der Waals surface area contributed by atoms with E-state index in [1.807, 2.05) is 69.3 Å².